The van der Waals surface area contributed by atoms with Crippen LogP contribution in [0.1, 0.15) is 37.8 Å². The van der Waals surface area contributed by atoms with Crippen LogP contribution >= 0.6 is 15.9 Å². The Hall–Kier alpha value is -1.03. The molecule has 106 valence electrons. The second kappa shape index (κ2) is 7.53. The van der Waals surface area contributed by atoms with Crippen molar-refractivity contribution in [1.82, 2.24) is 5.32 Å². The van der Waals surface area contributed by atoms with E-state index in [9.17, 15) is 4.79 Å². The average molecular weight is 327 g/mol. The zero-order chi connectivity index (χ0) is 14.4. The molecule has 0 saturated heterocycles. The highest BCUT2D eigenvalue weighted by Gasteiger charge is 2.07. The number of carbonyl (C=O) groups excluding carboxylic acids is 1. The molecule has 0 spiro atoms. The summed E-state index contributed by atoms with van der Waals surface area (Å²) in [6.07, 6.45) is 2.10. The third kappa shape index (κ3) is 5.23. The third-order valence-electron chi connectivity index (χ3n) is 3.02. The minimum atomic E-state index is 0.0409. The maximum Gasteiger partial charge on any atom is 0.239 e. The van der Waals surface area contributed by atoms with Crippen LogP contribution in [0.2, 0.25) is 0 Å². The Morgan fingerprint density at radius 3 is 2.42 bits per heavy atom. The number of hydrogen-bond donors (Lipinski definition) is 2. The summed E-state index contributed by atoms with van der Waals surface area (Å²) in [5.41, 5.74) is 3.32. The van der Waals surface area contributed by atoms with E-state index in [1.807, 2.05) is 32.9 Å². The van der Waals surface area contributed by atoms with Crippen LogP contribution in [0.4, 0.5) is 5.69 Å². The van der Waals surface area contributed by atoms with E-state index >= 15 is 0 Å². The molecule has 2 N–H and O–H groups in total. The Morgan fingerprint density at radius 1 is 1.32 bits per heavy atom. The van der Waals surface area contributed by atoms with Crippen molar-refractivity contribution >= 4 is 27.5 Å². The summed E-state index contributed by atoms with van der Waals surface area (Å²) in [7, 11) is 0. The van der Waals surface area contributed by atoms with Gasteiger partial charge in [-0.15, -0.1) is 0 Å². The van der Waals surface area contributed by atoms with Gasteiger partial charge in [-0.25, -0.2) is 0 Å². The molecule has 0 heterocycles. The van der Waals surface area contributed by atoms with E-state index < -0.39 is 0 Å². The van der Waals surface area contributed by atoms with Crippen LogP contribution in [0.5, 0.6) is 0 Å². The van der Waals surface area contributed by atoms with Gasteiger partial charge in [0.25, 0.3) is 0 Å². The molecule has 0 saturated carbocycles. The van der Waals surface area contributed by atoms with Crippen LogP contribution in [0, 0.1) is 13.8 Å². The predicted molar refractivity (Wildman–Crippen MR) is 84.6 cm³/mol. The largest absolute Gasteiger partial charge is 0.376 e. The molecule has 19 heavy (non-hydrogen) atoms. The standard InChI is InChI=1S/C15H23BrN2O/c1-5-6-12(4)18-14(19)9-17-13-7-10(2)15(16)11(3)8-13/h7-8,12,17H,5-6,9H2,1-4H3,(H,18,19). The lowest BCUT2D eigenvalue weighted by atomic mass is 10.1. The topological polar surface area (TPSA) is 41.1 Å². The zero-order valence-corrected chi connectivity index (χ0v) is 13.7. The average Bonchev–Trinajstić information content (AvgIpc) is 2.33. The minimum Gasteiger partial charge on any atom is -0.376 e. The molecule has 1 aromatic carbocycles. The summed E-state index contributed by atoms with van der Waals surface area (Å²) in [5.74, 6) is 0.0409. The second-order valence-corrected chi connectivity index (χ2v) is 5.83. The lowest BCUT2D eigenvalue weighted by Crippen LogP contribution is -2.36. The molecule has 1 atom stereocenters. The first-order valence-electron chi connectivity index (χ1n) is 6.74. The first kappa shape index (κ1) is 16.0. The fraction of sp³-hybridized carbons (Fsp3) is 0.533. The van der Waals surface area contributed by atoms with Crippen molar-refractivity contribution in [2.75, 3.05) is 11.9 Å². The quantitative estimate of drug-likeness (QED) is 0.835. The minimum absolute atomic E-state index is 0.0409. The number of benzene rings is 1. The first-order valence-corrected chi connectivity index (χ1v) is 7.53. The van der Waals surface area contributed by atoms with Crippen molar-refractivity contribution in [2.24, 2.45) is 0 Å². The number of rotatable bonds is 6. The Balaban J connectivity index is 2.51. The fourth-order valence-electron chi connectivity index (χ4n) is 2.06. The number of halogens is 1. The van der Waals surface area contributed by atoms with E-state index in [4.69, 9.17) is 0 Å². The van der Waals surface area contributed by atoms with Gasteiger partial charge in [0.2, 0.25) is 5.91 Å². The summed E-state index contributed by atoms with van der Waals surface area (Å²) in [5, 5.41) is 6.15. The molecule has 1 rings (SSSR count). The number of hydrogen-bond acceptors (Lipinski definition) is 2. The molecular formula is C15H23BrN2O. The van der Waals surface area contributed by atoms with Gasteiger partial charge < -0.3 is 10.6 Å². The number of aryl methyl sites for hydroxylation is 2. The number of nitrogens with one attached hydrogen (secondary N) is 2. The molecule has 3 nitrogen and oxygen atoms in total. The summed E-state index contributed by atoms with van der Waals surface area (Å²) >= 11 is 3.54. The van der Waals surface area contributed by atoms with Crippen molar-refractivity contribution in [2.45, 2.75) is 46.6 Å². The molecule has 4 heteroatoms. The fourth-order valence-corrected chi connectivity index (χ4v) is 2.29. The normalized spacial score (nSPS) is 12.1. The summed E-state index contributed by atoms with van der Waals surface area (Å²) in [4.78, 5) is 11.8. The summed E-state index contributed by atoms with van der Waals surface area (Å²) in [6, 6.07) is 4.33. The molecule has 0 fully saturated rings. The van der Waals surface area contributed by atoms with Gasteiger partial charge in [-0.1, -0.05) is 29.3 Å². The van der Waals surface area contributed by atoms with Crippen LogP contribution in [0.25, 0.3) is 0 Å². The predicted octanol–water partition coefficient (Wildman–Crippen LogP) is 3.78. The maximum absolute atomic E-state index is 11.8. The van der Waals surface area contributed by atoms with Crippen LogP contribution < -0.4 is 10.6 Å². The molecule has 1 amide bonds. The molecule has 0 aromatic heterocycles. The van der Waals surface area contributed by atoms with Gasteiger partial charge in [0.1, 0.15) is 0 Å². The molecule has 0 aliphatic heterocycles. The van der Waals surface area contributed by atoms with Crippen LogP contribution in [-0.2, 0) is 4.79 Å². The van der Waals surface area contributed by atoms with Gasteiger partial charge in [0.05, 0.1) is 6.54 Å². The zero-order valence-electron chi connectivity index (χ0n) is 12.1. The molecule has 0 aliphatic rings. The van der Waals surface area contributed by atoms with Crippen molar-refractivity contribution in [3.8, 4) is 0 Å². The summed E-state index contributed by atoms with van der Waals surface area (Å²) in [6.45, 7) is 8.56. The Kier molecular flexibility index (Phi) is 6.35. The van der Waals surface area contributed by atoms with Crippen molar-refractivity contribution in [3.05, 3.63) is 27.7 Å². The van der Waals surface area contributed by atoms with Gasteiger partial charge in [-0.2, -0.15) is 0 Å². The summed E-state index contributed by atoms with van der Waals surface area (Å²) < 4.78 is 1.12. The lowest BCUT2D eigenvalue weighted by Gasteiger charge is -2.14. The van der Waals surface area contributed by atoms with Gasteiger partial charge >= 0.3 is 0 Å². The third-order valence-corrected chi connectivity index (χ3v) is 4.27. The number of carbonyl (C=O) groups is 1. The van der Waals surface area contributed by atoms with E-state index in [1.165, 1.54) is 11.1 Å². The number of anilines is 1. The maximum atomic E-state index is 11.8. The molecular weight excluding hydrogens is 304 g/mol. The lowest BCUT2D eigenvalue weighted by molar-refractivity contribution is -0.120. The Morgan fingerprint density at radius 2 is 1.89 bits per heavy atom. The number of amides is 1. The molecule has 1 unspecified atom stereocenters. The Bertz CT molecular complexity index is 423. The van der Waals surface area contributed by atoms with Crippen molar-refractivity contribution in [3.63, 3.8) is 0 Å². The van der Waals surface area contributed by atoms with Gasteiger partial charge in [-0.3, -0.25) is 4.79 Å². The van der Waals surface area contributed by atoms with E-state index in [1.54, 1.807) is 0 Å². The van der Waals surface area contributed by atoms with E-state index in [0.29, 0.717) is 6.54 Å². The molecule has 0 aliphatic carbocycles. The van der Waals surface area contributed by atoms with Crippen molar-refractivity contribution < 1.29 is 4.79 Å². The van der Waals surface area contributed by atoms with Crippen LogP contribution in [0.15, 0.2) is 16.6 Å². The smallest absolute Gasteiger partial charge is 0.239 e. The van der Waals surface area contributed by atoms with E-state index in [0.717, 1.165) is 23.0 Å². The van der Waals surface area contributed by atoms with Crippen molar-refractivity contribution in [1.29, 1.82) is 0 Å². The SMILES string of the molecule is CCCC(C)NC(=O)CNc1cc(C)c(Br)c(C)c1. The molecule has 0 radical (unpaired) electrons. The van der Waals surface area contributed by atoms with Gasteiger partial charge in [-0.05, 0) is 50.5 Å². The van der Waals surface area contributed by atoms with Gasteiger partial charge in [0, 0.05) is 16.2 Å². The van der Waals surface area contributed by atoms with E-state index in [-0.39, 0.29) is 11.9 Å². The van der Waals surface area contributed by atoms with Crippen LogP contribution in [-0.4, -0.2) is 18.5 Å². The Labute approximate surface area is 124 Å². The highest BCUT2D eigenvalue weighted by Crippen LogP contribution is 2.24. The van der Waals surface area contributed by atoms with Crippen LogP contribution in [0.3, 0.4) is 0 Å². The first-order chi connectivity index (χ1) is 8.93. The van der Waals surface area contributed by atoms with Gasteiger partial charge in [0.15, 0.2) is 0 Å². The highest BCUT2D eigenvalue weighted by atomic mass is 79.9. The molecule has 1 aromatic rings. The monoisotopic (exact) mass is 326 g/mol. The highest BCUT2D eigenvalue weighted by molar-refractivity contribution is 9.10. The second-order valence-electron chi connectivity index (χ2n) is 5.03. The van der Waals surface area contributed by atoms with E-state index in [2.05, 4.69) is 33.5 Å². The molecule has 0 bridgehead atoms.